The first-order valence-electron chi connectivity index (χ1n) is 8.75. The smallest absolute Gasteiger partial charge is 0.252 e. The number of primary amides is 1. The fraction of sp³-hybridized carbons (Fsp3) is 0.182. The van der Waals surface area contributed by atoms with Crippen molar-refractivity contribution in [2.75, 3.05) is 14.2 Å². The molecule has 1 amide bonds. The molecule has 0 atom stereocenters. The molecule has 0 unspecified atom stereocenters. The number of nitrogens with two attached hydrogens (primary N) is 1. The highest BCUT2D eigenvalue weighted by molar-refractivity contribution is 7.16. The van der Waals surface area contributed by atoms with Gasteiger partial charge in [0.05, 0.1) is 19.8 Å². The monoisotopic (exact) mass is 394 g/mol. The molecule has 0 fully saturated rings. The fourth-order valence-corrected chi connectivity index (χ4v) is 4.13. The molecule has 2 aromatic carbocycles. The van der Waals surface area contributed by atoms with E-state index in [0.717, 1.165) is 22.4 Å². The summed E-state index contributed by atoms with van der Waals surface area (Å²) in [5.74, 6) is 0.802. The van der Waals surface area contributed by atoms with Crippen LogP contribution >= 0.6 is 11.3 Å². The molecule has 0 aliphatic heterocycles. The summed E-state index contributed by atoms with van der Waals surface area (Å²) in [6.07, 6.45) is 2.44. The van der Waals surface area contributed by atoms with Gasteiger partial charge in [-0.15, -0.1) is 11.3 Å². The molecule has 3 aromatic rings. The lowest BCUT2D eigenvalue weighted by molar-refractivity contribution is 0.100. The van der Waals surface area contributed by atoms with Crippen LogP contribution in [0.3, 0.4) is 0 Å². The summed E-state index contributed by atoms with van der Waals surface area (Å²) in [5.41, 5.74) is 9.02. The summed E-state index contributed by atoms with van der Waals surface area (Å²) in [6, 6.07) is 15.6. The fourth-order valence-electron chi connectivity index (χ4n) is 2.94. The highest BCUT2D eigenvalue weighted by Gasteiger charge is 2.19. The maximum atomic E-state index is 12.0. The number of thiophene rings is 1. The number of nitrogens with zero attached hydrogens (tertiary/aromatic N) is 1. The van der Waals surface area contributed by atoms with Gasteiger partial charge in [-0.2, -0.15) is 0 Å². The van der Waals surface area contributed by atoms with E-state index in [-0.39, 0.29) is 0 Å². The van der Waals surface area contributed by atoms with Gasteiger partial charge in [-0.25, -0.2) is 4.99 Å². The van der Waals surface area contributed by atoms with E-state index in [1.807, 2.05) is 43.3 Å². The van der Waals surface area contributed by atoms with E-state index in [1.165, 1.54) is 16.9 Å². The van der Waals surface area contributed by atoms with E-state index < -0.39 is 5.91 Å². The predicted molar refractivity (Wildman–Crippen MR) is 114 cm³/mol. The Balaban J connectivity index is 1.94. The molecule has 1 aromatic heterocycles. The molecule has 0 aliphatic carbocycles. The Morgan fingerprint density at radius 2 is 1.82 bits per heavy atom. The zero-order valence-electron chi connectivity index (χ0n) is 16.1. The number of ether oxygens (including phenoxy) is 2. The Morgan fingerprint density at radius 3 is 2.46 bits per heavy atom. The Labute approximate surface area is 168 Å². The van der Waals surface area contributed by atoms with Gasteiger partial charge in [-0.3, -0.25) is 4.79 Å². The van der Waals surface area contributed by atoms with Crippen LogP contribution < -0.4 is 15.2 Å². The number of methoxy groups -OCH3 is 2. The highest BCUT2D eigenvalue weighted by atomic mass is 32.1. The second-order valence-corrected chi connectivity index (χ2v) is 7.31. The first-order chi connectivity index (χ1) is 13.5. The van der Waals surface area contributed by atoms with Crippen molar-refractivity contribution in [1.29, 1.82) is 0 Å². The molecular weight excluding hydrogens is 372 g/mol. The predicted octanol–water partition coefficient (Wildman–Crippen LogP) is 4.51. The lowest BCUT2D eigenvalue weighted by Crippen LogP contribution is -2.11. The van der Waals surface area contributed by atoms with Crippen molar-refractivity contribution in [3.63, 3.8) is 0 Å². The average molecular weight is 394 g/mol. The molecule has 0 saturated carbocycles. The molecule has 0 spiro atoms. The quantitative estimate of drug-likeness (QED) is 0.599. The molecule has 2 N–H and O–H groups in total. The summed E-state index contributed by atoms with van der Waals surface area (Å²) in [7, 11) is 3.18. The van der Waals surface area contributed by atoms with Crippen LogP contribution in [0.25, 0.3) is 0 Å². The number of benzene rings is 2. The van der Waals surface area contributed by atoms with Crippen molar-refractivity contribution in [1.82, 2.24) is 0 Å². The molecule has 28 heavy (non-hydrogen) atoms. The van der Waals surface area contributed by atoms with Crippen molar-refractivity contribution in [3.05, 3.63) is 75.7 Å². The van der Waals surface area contributed by atoms with E-state index in [4.69, 9.17) is 15.2 Å². The number of hydrogen-bond donors (Lipinski definition) is 1. The maximum absolute atomic E-state index is 12.0. The second-order valence-electron chi connectivity index (χ2n) is 6.23. The third-order valence-electron chi connectivity index (χ3n) is 4.42. The van der Waals surface area contributed by atoms with Crippen LogP contribution in [0, 0.1) is 6.92 Å². The van der Waals surface area contributed by atoms with E-state index in [2.05, 4.69) is 17.1 Å². The van der Waals surface area contributed by atoms with Gasteiger partial charge in [0.15, 0.2) is 11.5 Å². The first kappa shape index (κ1) is 19.6. The van der Waals surface area contributed by atoms with Crippen LogP contribution in [0.1, 0.15) is 31.9 Å². The minimum Gasteiger partial charge on any atom is -0.493 e. The van der Waals surface area contributed by atoms with Crippen LogP contribution in [-0.4, -0.2) is 26.3 Å². The molecule has 3 rings (SSSR count). The average Bonchev–Trinajstić information content (AvgIpc) is 3.02. The van der Waals surface area contributed by atoms with Gasteiger partial charge in [0.1, 0.15) is 5.00 Å². The standard InChI is InChI=1S/C22H22N2O3S/c1-14-19(12-15-7-5-4-6-8-15)28-22(20(14)21(23)25)24-13-16-9-10-17(26-2)18(11-16)27-3/h4-11,13H,12H2,1-3H3,(H2,23,25). The minimum atomic E-state index is -0.465. The normalized spacial score (nSPS) is 11.0. The van der Waals surface area contributed by atoms with Gasteiger partial charge in [0, 0.05) is 17.5 Å². The van der Waals surface area contributed by atoms with Crippen LogP contribution in [0.5, 0.6) is 11.5 Å². The molecule has 144 valence electrons. The summed E-state index contributed by atoms with van der Waals surface area (Å²) in [6.45, 7) is 1.92. The van der Waals surface area contributed by atoms with Crippen LogP contribution in [0.15, 0.2) is 53.5 Å². The largest absolute Gasteiger partial charge is 0.493 e. The van der Waals surface area contributed by atoms with Gasteiger partial charge >= 0.3 is 0 Å². The van der Waals surface area contributed by atoms with Crippen LogP contribution in [-0.2, 0) is 6.42 Å². The molecule has 5 nitrogen and oxygen atoms in total. The Kier molecular flexibility index (Phi) is 6.11. The summed E-state index contributed by atoms with van der Waals surface area (Å²) in [4.78, 5) is 17.7. The molecule has 6 heteroatoms. The van der Waals surface area contributed by atoms with Crippen molar-refractivity contribution in [2.45, 2.75) is 13.3 Å². The van der Waals surface area contributed by atoms with E-state index in [1.54, 1.807) is 20.4 Å². The van der Waals surface area contributed by atoms with E-state index in [9.17, 15) is 4.79 Å². The first-order valence-corrected chi connectivity index (χ1v) is 9.57. The topological polar surface area (TPSA) is 73.9 Å². The number of carbonyl (C=O) groups is 1. The number of rotatable bonds is 7. The lowest BCUT2D eigenvalue weighted by Gasteiger charge is -2.07. The van der Waals surface area contributed by atoms with Crippen molar-refractivity contribution >= 4 is 28.5 Å². The highest BCUT2D eigenvalue weighted by Crippen LogP contribution is 2.36. The second kappa shape index (κ2) is 8.71. The van der Waals surface area contributed by atoms with Gasteiger partial charge in [-0.1, -0.05) is 30.3 Å². The third kappa shape index (κ3) is 4.23. The Hall–Kier alpha value is -3.12. The van der Waals surface area contributed by atoms with Crippen molar-refractivity contribution in [3.8, 4) is 11.5 Å². The molecule has 0 aliphatic rings. The molecule has 0 radical (unpaired) electrons. The number of aliphatic imine (C=N–C) groups is 1. The van der Waals surface area contributed by atoms with Gasteiger partial charge in [0.2, 0.25) is 0 Å². The summed E-state index contributed by atoms with van der Waals surface area (Å²) >= 11 is 1.49. The molecule has 0 bridgehead atoms. The van der Waals surface area contributed by atoms with Crippen LogP contribution in [0.2, 0.25) is 0 Å². The van der Waals surface area contributed by atoms with Crippen LogP contribution in [0.4, 0.5) is 5.00 Å². The number of carbonyl (C=O) groups excluding carboxylic acids is 1. The van der Waals surface area contributed by atoms with Crippen molar-refractivity contribution < 1.29 is 14.3 Å². The Morgan fingerprint density at radius 1 is 1.11 bits per heavy atom. The summed E-state index contributed by atoms with van der Waals surface area (Å²) in [5, 5.41) is 0.616. The van der Waals surface area contributed by atoms with Gasteiger partial charge < -0.3 is 15.2 Å². The van der Waals surface area contributed by atoms with E-state index >= 15 is 0 Å². The third-order valence-corrected chi connectivity index (χ3v) is 5.62. The maximum Gasteiger partial charge on any atom is 0.252 e. The van der Waals surface area contributed by atoms with Gasteiger partial charge in [-0.05, 0) is 41.8 Å². The van der Waals surface area contributed by atoms with E-state index in [0.29, 0.717) is 22.1 Å². The minimum absolute atomic E-state index is 0.465. The lowest BCUT2D eigenvalue weighted by atomic mass is 10.1. The summed E-state index contributed by atoms with van der Waals surface area (Å²) < 4.78 is 10.6. The number of amides is 1. The zero-order chi connectivity index (χ0) is 20.1. The van der Waals surface area contributed by atoms with Gasteiger partial charge in [0.25, 0.3) is 5.91 Å². The zero-order valence-corrected chi connectivity index (χ0v) is 16.9. The SMILES string of the molecule is COc1ccc(C=Nc2sc(Cc3ccccc3)c(C)c2C(N)=O)cc1OC. The molecular formula is C22H22N2O3S. The van der Waals surface area contributed by atoms with Crippen molar-refractivity contribution in [2.24, 2.45) is 10.7 Å². The molecule has 0 saturated heterocycles. The Bertz CT molecular complexity index is 1010. The molecule has 1 heterocycles. The number of hydrogen-bond acceptors (Lipinski definition) is 5.